The Hall–Kier alpha value is -2.79. The number of fused-ring (bicyclic) bond motifs is 1. The van der Waals surface area contributed by atoms with Crippen molar-refractivity contribution in [1.29, 1.82) is 0 Å². The molecule has 1 aliphatic rings. The molecule has 0 bridgehead atoms. The summed E-state index contributed by atoms with van der Waals surface area (Å²) in [7, 11) is 0. The second kappa shape index (κ2) is 4.40. The highest BCUT2D eigenvalue weighted by Gasteiger charge is 2.35. The largest absolute Gasteiger partial charge is 0.289 e. The molecule has 20 heavy (non-hydrogen) atoms. The van der Waals surface area contributed by atoms with Crippen LogP contribution >= 0.6 is 0 Å². The van der Waals surface area contributed by atoms with Crippen LogP contribution in [0.3, 0.4) is 0 Å². The number of carbonyl (C=O) groups excluding carboxylic acids is 3. The molecule has 2 aromatic carbocycles. The van der Waals surface area contributed by atoms with Gasteiger partial charge in [0.2, 0.25) is 0 Å². The minimum atomic E-state index is -0.812. The molecule has 2 amide bonds. The maximum atomic E-state index is 12.2. The topological polar surface area (TPSA) is 74.7 Å². The number of hydroxylamine groups is 2. The smallest absolute Gasteiger partial charge is 0.285 e. The zero-order chi connectivity index (χ0) is 14.3. The fraction of sp³-hybridized carbons (Fsp3) is 0. The first-order valence-corrected chi connectivity index (χ1v) is 5.91. The lowest BCUT2D eigenvalue weighted by Gasteiger charge is -2.02. The molecule has 98 valence electrons. The quantitative estimate of drug-likeness (QED) is 0.512. The monoisotopic (exact) mass is 267 g/mol. The molecule has 1 aliphatic heterocycles. The van der Waals surface area contributed by atoms with Crippen molar-refractivity contribution in [3.05, 3.63) is 70.8 Å². The van der Waals surface area contributed by atoms with Crippen molar-refractivity contribution in [3.63, 3.8) is 0 Å². The highest BCUT2D eigenvalue weighted by atomic mass is 16.5. The average molecular weight is 267 g/mol. The molecule has 3 rings (SSSR count). The Morgan fingerprint density at radius 2 is 1.50 bits per heavy atom. The second-order valence-corrected chi connectivity index (χ2v) is 4.38. The summed E-state index contributed by atoms with van der Waals surface area (Å²) >= 11 is 0. The summed E-state index contributed by atoms with van der Waals surface area (Å²) in [5.74, 6) is -1.83. The lowest BCUT2D eigenvalue weighted by atomic mass is 9.99. The third-order valence-corrected chi connectivity index (χ3v) is 3.16. The van der Waals surface area contributed by atoms with Gasteiger partial charge in [-0.25, -0.2) is 0 Å². The second-order valence-electron chi connectivity index (χ2n) is 4.38. The van der Waals surface area contributed by atoms with Crippen LogP contribution in [0.1, 0.15) is 36.6 Å². The summed E-state index contributed by atoms with van der Waals surface area (Å²) in [6.07, 6.45) is 0. The van der Waals surface area contributed by atoms with E-state index in [0.29, 0.717) is 11.1 Å². The zero-order valence-electron chi connectivity index (χ0n) is 10.2. The predicted octanol–water partition coefficient (Wildman–Crippen LogP) is 1.90. The van der Waals surface area contributed by atoms with Gasteiger partial charge in [0, 0.05) is 11.1 Å². The Morgan fingerprint density at radius 1 is 0.850 bits per heavy atom. The molecule has 0 radical (unpaired) electrons. The number of amides is 2. The molecule has 0 aliphatic carbocycles. The van der Waals surface area contributed by atoms with Crippen LogP contribution in [0.4, 0.5) is 0 Å². The van der Waals surface area contributed by atoms with Gasteiger partial charge >= 0.3 is 0 Å². The zero-order valence-corrected chi connectivity index (χ0v) is 10.2. The van der Waals surface area contributed by atoms with Crippen LogP contribution in [0.25, 0.3) is 0 Å². The Labute approximate surface area is 114 Å². The van der Waals surface area contributed by atoms with Crippen LogP contribution in [0.2, 0.25) is 0 Å². The van der Waals surface area contributed by atoms with Crippen LogP contribution in [0.15, 0.2) is 48.5 Å². The highest BCUT2D eigenvalue weighted by molar-refractivity contribution is 6.21. The Bertz CT molecular complexity index is 737. The SMILES string of the molecule is O=C(c1ccccc1)c1ccc2c(c1)C(=O)N(O)C2=O. The van der Waals surface area contributed by atoms with Gasteiger partial charge in [-0.1, -0.05) is 36.4 Å². The summed E-state index contributed by atoms with van der Waals surface area (Å²) in [4.78, 5) is 35.4. The third kappa shape index (κ3) is 1.72. The Balaban J connectivity index is 2.05. The number of carbonyl (C=O) groups is 3. The van der Waals surface area contributed by atoms with Crippen LogP contribution in [0.5, 0.6) is 0 Å². The van der Waals surface area contributed by atoms with Crippen LogP contribution in [0, 0.1) is 0 Å². The van der Waals surface area contributed by atoms with E-state index in [-0.39, 0.29) is 22.0 Å². The molecular weight excluding hydrogens is 258 g/mol. The summed E-state index contributed by atoms with van der Waals surface area (Å²) in [6.45, 7) is 0. The molecule has 1 heterocycles. The van der Waals surface area contributed by atoms with E-state index in [1.54, 1.807) is 30.3 Å². The Morgan fingerprint density at radius 3 is 2.20 bits per heavy atom. The number of benzene rings is 2. The fourth-order valence-corrected chi connectivity index (χ4v) is 2.13. The molecule has 0 atom stereocenters. The van der Waals surface area contributed by atoms with Gasteiger partial charge in [-0.15, -0.1) is 5.06 Å². The summed E-state index contributed by atoms with van der Waals surface area (Å²) < 4.78 is 0. The lowest BCUT2D eigenvalue weighted by Crippen LogP contribution is -2.25. The van der Waals surface area contributed by atoms with E-state index in [1.807, 2.05) is 0 Å². The molecule has 2 aromatic rings. The first kappa shape index (κ1) is 12.3. The van der Waals surface area contributed by atoms with E-state index in [4.69, 9.17) is 0 Å². The van der Waals surface area contributed by atoms with Gasteiger partial charge < -0.3 is 0 Å². The van der Waals surface area contributed by atoms with Crippen LogP contribution in [-0.2, 0) is 0 Å². The van der Waals surface area contributed by atoms with Crippen molar-refractivity contribution in [3.8, 4) is 0 Å². The molecule has 1 N–H and O–H groups in total. The molecule has 0 saturated heterocycles. The lowest BCUT2D eigenvalue weighted by molar-refractivity contribution is -0.0327. The van der Waals surface area contributed by atoms with Gasteiger partial charge in [0.05, 0.1) is 11.1 Å². The number of ketones is 1. The van der Waals surface area contributed by atoms with E-state index in [0.717, 1.165) is 0 Å². The third-order valence-electron chi connectivity index (χ3n) is 3.16. The molecule has 0 spiro atoms. The van der Waals surface area contributed by atoms with E-state index < -0.39 is 11.8 Å². The number of rotatable bonds is 2. The molecule has 0 aromatic heterocycles. The molecule has 5 heteroatoms. The van der Waals surface area contributed by atoms with Gasteiger partial charge in [0.25, 0.3) is 11.8 Å². The number of hydrogen-bond acceptors (Lipinski definition) is 4. The fourth-order valence-electron chi connectivity index (χ4n) is 2.13. The van der Waals surface area contributed by atoms with Gasteiger partial charge in [-0.05, 0) is 12.1 Å². The normalized spacial score (nSPS) is 13.6. The molecule has 0 unspecified atom stereocenters. The van der Waals surface area contributed by atoms with Gasteiger partial charge in [-0.2, -0.15) is 0 Å². The molecule has 0 fully saturated rings. The van der Waals surface area contributed by atoms with Crippen molar-refractivity contribution >= 4 is 17.6 Å². The maximum Gasteiger partial charge on any atom is 0.285 e. The minimum Gasteiger partial charge on any atom is -0.289 e. The first-order valence-electron chi connectivity index (χ1n) is 5.91. The van der Waals surface area contributed by atoms with Gasteiger partial charge in [0.1, 0.15) is 0 Å². The van der Waals surface area contributed by atoms with E-state index in [9.17, 15) is 19.6 Å². The highest BCUT2D eigenvalue weighted by Crippen LogP contribution is 2.23. The summed E-state index contributed by atoms with van der Waals surface area (Å²) in [5.41, 5.74) is 0.929. The van der Waals surface area contributed by atoms with E-state index >= 15 is 0 Å². The van der Waals surface area contributed by atoms with Crippen molar-refractivity contribution in [2.24, 2.45) is 0 Å². The van der Waals surface area contributed by atoms with Crippen molar-refractivity contribution in [1.82, 2.24) is 5.06 Å². The average Bonchev–Trinajstić information content (AvgIpc) is 2.72. The minimum absolute atomic E-state index is 0.0410. The van der Waals surface area contributed by atoms with E-state index in [1.165, 1.54) is 18.2 Å². The molecule has 5 nitrogen and oxygen atoms in total. The summed E-state index contributed by atoms with van der Waals surface area (Å²) in [5, 5.41) is 9.34. The van der Waals surface area contributed by atoms with Crippen molar-refractivity contribution in [2.75, 3.05) is 0 Å². The summed E-state index contributed by atoms with van der Waals surface area (Å²) in [6, 6.07) is 12.8. The standard InChI is InChI=1S/C15H9NO4/c17-13(9-4-2-1-3-5-9)10-6-7-11-12(8-10)15(19)16(20)14(11)18/h1-8,20H. The van der Waals surface area contributed by atoms with Crippen molar-refractivity contribution < 1.29 is 19.6 Å². The predicted molar refractivity (Wildman–Crippen MR) is 68.6 cm³/mol. The van der Waals surface area contributed by atoms with E-state index in [2.05, 4.69) is 0 Å². The maximum absolute atomic E-state index is 12.2. The van der Waals surface area contributed by atoms with Gasteiger partial charge in [-0.3, -0.25) is 19.6 Å². The number of hydrogen-bond donors (Lipinski definition) is 1. The number of imide groups is 1. The van der Waals surface area contributed by atoms with Crippen LogP contribution < -0.4 is 0 Å². The Kier molecular flexibility index (Phi) is 2.69. The molecular formula is C15H9NO4. The van der Waals surface area contributed by atoms with Crippen molar-refractivity contribution in [2.45, 2.75) is 0 Å². The van der Waals surface area contributed by atoms with Crippen LogP contribution in [-0.4, -0.2) is 27.9 Å². The number of nitrogens with zero attached hydrogens (tertiary/aromatic N) is 1. The first-order chi connectivity index (χ1) is 9.59. The molecule has 0 saturated carbocycles. The van der Waals surface area contributed by atoms with Gasteiger partial charge in [0.15, 0.2) is 5.78 Å².